The molecule has 0 saturated heterocycles. The summed E-state index contributed by atoms with van der Waals surface area (Å²) in [5.74, 6) is 1.34. The molecule has 4 rings (SSSR count). The summed E-state index contributed by atoms with van der Waals surface area (Å²) in [4.78, 5) is 26.1. The van der Waals surface area contributed by atoms with Gasteiger partial charge in [0, 0.05) is 37.3 Å². The minimum Gasteiger partial charge on any atom is -0.490 e. The number of aromatic nitrogens is 2. The predicted octanol–water partition coefficient (Wildman–Crippen LogP) is 1.46. The zero-order chi connectivity index (χ0) is 17.4. The number of hydrogen-bond donors (Lipinski definition) is 2. The minimum absolute atomic E-state index is 0.0690. The highest BCUT2D eigenvalue weighted by Gasteiger charge is 2.25. The van der Waals surface area contributed by atoms with Gasteiger partial charge in [-0.05, 0) is 18.6 Å². The number of nitrogens with one attached hydrogen (secondary N) is 2. The van der Waals surface area contributed by atoms with Crippen molar-refractivity contribution in [2.75, 3.05) is 25.1 Å². The molecule has 2 N–H and O–H groups in total. The third kappa shape index (κ3) is 2.95. The average Bonchev–Trinajstić information content (AvgIpc) is 2.78. The lowest BCUT2D eigenvalue weighted by molar-refractivity contribution is 0.204. The Balaban J connectivity index is 1.48. The maximum absolute atomic E-state index is 12.6. The van der Waals surface area contributed by atoms with E-state index in [9.17, 15) is 9.59 Å². The lowest BCUT2D eigenvalue weighted by atomic mass is 10.1. The van der Waals surface area contributed by atoms with Crippen molar-refractivity contribution >= 4 is 11.7 Å². The standard InChI is InChI=1S/C17H20N4O4/c1-20-13-10-21(6-5-12(13)16(22)19-20)17(23)18-11-3-4-14-15(9-11)25-8-2-7-24-14/h3-4,9H,2,5-8,10H2,1H3,(H,18,23)(H,19,22). The van der Waals surface area contributed by atoms with Gasteiger partial charge in [-0.25, -0.2) is 4.79 Å². The molecule has 0 unspecified atom stereocenters. The normalized spacial score (nSPS) is 16.1. The summed E-state index contributed by atoms with van der Waals surface area (Å²) in [6, 6.07) is 5.18. The van der Waals surface area contributed by atoms with E-state index in [1.807, 2.05) is 0 Å². The lowest BCUT2D eigenvalue weighted by Gasteiger charge is -2.27. The Bertz CT molecular complexity index is 870. The molecule has 3 heterocycles. The molecule has 0 saturated carbocycles. The topological polar surface area (TPSA) is 88.6 Å². The van der Waals surface area contributed by atoms with E-state index in [-0.39, 0.29) is 11.6 Å². The van der Waals surface area contributed by atoms with Crippen molar-refractivity contribution in [2.24, 2.45) is 7.05 Å². The van der Waals surface area contributed by atoms with Crippen LogP contribution in [0.25, 0.3) is 0 Å². The second kappa shape index (κ2) is 6.19. The van der Waals surface area contributed by atoms with Crippen molar-refractivity contribution in [3.63, 3.8) is 0 Å². The number of urea groups is 1. The first-order valence-electron chi connectivity index (χ1n) is 8.34. The predicted molar refractivity (Wildman–Crippen MR) is 91.2 cm³/mol. The van der Waals surface area contributed by atoms with E-state index in [4.69, 9.17) is 9.47 Å². The lowest BCUT2D eigenvalue weighted by Crippen LogP contribution is -2.40. The van der Waals surface area contributed by atoms with Gasteiger partial charge in [0.15, 0.2) is 11.5 Å². The zero-order valence-corrected chi connectivity index (χ0v) is 14.0. The van der Waals surface area contributed by atoms with Crippen molar-refractivity contribution in [2.45, 2.75) is 19.4 Å². The molecule has 0 radical (unpaired) electrons. The second-order valence-electron chi connectivity index (χ2n) is 6.24. The average molecular weight is 344 g/mol. The SMILES string of the molecule is Cn1[nH]c(=O)c2c1CN(C(=O)Nc1ccc3c(c1)OCCCO3)CC2. The third-order valence-electron chi connectivity index (χ3n) is 4.55. The van der Waals surface area contributed by atoms with E-state index in [0.29, 0.717) is 49.9 Å². The number of aryl methyl sites for hydroxylation is 1. The summed E-state index contributed by atoms with van der Waals surface area (Å²) >= 11 is 0. The monoisotopic (exact) mass is 344 g/mol. The van der Waals surface area contributed by atoms with Crippen LogP contribution in [0.2, 0.25) is 0 Å². The highest BCUT2D eigenvalue weighted by atomic mass is 16.5. The molecule has 8 nitrogen and oxygen atoms in total. The van der Waals surface area contributed by atoms with E-state index in [1.165, 1.54) is 0 Å². The molecular formula is C17H20N4O4. The van der Waals surface area contributed by atoms with Crippen LogP contribution < -0.4 is 20.3 Å². The zero-order valence-electron chi connectivity index (χ0n) is 14.0. The number of ether oxygens (including phenoxy) is 2. The van der Waals surface area contributed by atoms with Crippen LogP contribution in [0.15, 0.2) is 23.0 Å². The van der Waals surface area contributed by atoms with Crippen molar-refractivity contribution < 1.29 is 14.3 Å². The Hall–Kier alpha value is -2.90. The molecule has 0 aliphatic carbocycles. The molecule has 2 amide bonds. The van der Waals surface area contributed by atoms with E-state index in [0.717, 1.165) is 17.7 Å². The minimum atomic E-state index is -0.200. The maximum atomic E-state index is 12.6. The van der Waals surface area contributed by atoms with Crippen LogP contribution in [0, 0.1) is 0 Å². The highest BCUT2D eigenvalue weighted by molar-refractivity contribution is 5.89. The first kappa shape index (κ1) is 15.6. The Morgan fingerprint density at radius 1 is 1.24 bits per heavy atom. The highest BCUT2D eigenvalue weighted by Crippen LogP contribution is 2.32. The van der Waals surface area contributed by atoms with Crippen LogP contribution in [0.5, 0.6) is 11.5 Å². The number of hydrogen-bond acceptors (Lipinski definition) is 4. The van der Waals surface area contributed by atoms with Crippen LogP contribution in [0.3, 0.4) is 0 Å². The molecule has 25 heavy (non-hydrogen) atoms. The Kier molecular flexibility index (Phi) is 3.87. The van der Waals surface area contributed by atoms with Gasteiger partial charge in [-0.15, -0.1) is 0 Å². The second-order valence-corrected chi connectivity index (χ2v) is 6.24. The molecule has 0 fully saturated rings. The van der Waals surface area contributed by atoms with Gasteiger partial charge in [0.2, 0.25) is 0 Å². The number of amides is 2. The molecule has 0 bridgehead atoms. The van der Waals surface area contributed by atoms with Crippen LogP contribution in [0.4, 0.5) is 10.5 Å². The fourth-order valence-corrected chi connectivity index (χ4v) is 3.20. The molecule has 2 aromatic rings. The summed E-state index contributed by atoms with van der Waals surface area (Å²) in [5.41, 5.74) is 2.20. The maximum Gasteiger partial charge on any atom is 0.322 e. The first-order chi connectivity index (χ1) is 12.1. The summed E-state index contributed by atoms with van der Waals surface area (Å²) < 4.78 is 12.9. The third-order valence-corrected chi connectivity index (χ3v) is 4.55. The van der Waals surface area contributed by atoms with Gasteiger partial charge in [0.25, 0.3) is 5.56 Å². The number of fused-ring (bicyclic) bond motifs is 2. The summed E-state index contributed by atoms with van der Waals surface area (Å²) in [6.07, 6.45) is 1.39. The number of anilines is 1. The number of carbonyl (C=O) groups is 1. The van der Waals surface area contributed by atoms with Crippen molar-refractivity contribution in [3.8, 4) is 11.5 Å². The van der Waals surface area contributed by atoms with Gasteiger partial charge in [-0.2, -0.15) is 0 Å². The fraction of sp³-hybridized carbons (Fsp3) is 0.412. The van der Waals surface area contributed by atoms with E-state index in [2.05, 4.69) is 10.4 Å². The van der Waals surface area contributed by atoms with Gasteiger partial charge in [0.05, 0.1) is 25.5 Å². The number of carbonyl (C=O) groups excluding carboxylic acids is 1. The number of rotatable bonds is 1. The number of aromatic amines is 1. The summed E-state index contributed by atoms with van der Waals surface area (Å²) in [7, 11) is 1.78. The van der Waals surface area contributed by atoms with Gasteiger partial charge >= 0.3 is 6.03 Å². The van der Waals surface area contributed by atoms with Crippen LogP contribution in [-0.2, 0) is 20.0 Å². The number of H-pyrrole nitrogens is 1. The van der Waals surface area contributed by atoms with Crippen LogP contribution in [-0.4, -0.2) is 40.5 Å². The van der Waals surface area contributed by atoms with Crippen molar-refractivity contribution in [1.82, 2.24) is 14.7 Å². The summed E-state index contributed by atoms with van der Waals surface area (Å²) in [6.45, 7) is 2.14. The van der Waals surface area contributed by atoms with Gasteiger partial charge in [-0.3, -0.25) is 14.6 Å². The Labute approximate surface area is 144 Å². The Morgan fingerprint density at radius 3 is 2.88 bits per heavy atom. The largest absolute Gasteiger partial charge is 0.490 e. The smallest absolute Gasteiger partial charge is 0.322 e. The molecule has 1 aromatic carbocycles. The van der Waals surface area contributed by atoms with Gasteiger partial charge < -0.3 is 19.7 Å². The molecule has 2 aliphatic heterocycles. The molecule has 1 aromatic heterocycles. The Morgan fingerprint density at radius 2 is 2.04 bits per heavy atom. The van der Waals surface area contributed by atoms with Crippen molar-refractivity contribution in [1.29, 1.82) is 0 Å². The van der Waals surface area contributed by atoms with E-state index < -0.39 is 0 Å². The van der Waals surface area contributed by atoms with Crippen molar-refractivity contribution in [3.05, 3.63) is 39.8 Å². The molecule has 0 atom stereocenters. The molecule has 0 spiro atoms. The molecular weight excluding hydrogens is 324 g/mol. The van der Waals surface area contributed by atoms with Crippen LogP contribution in [0.1, 0.15) is 17.7 Å². The molecule has 8 heteroatoms. The fourth-order valence-electron chi connectivity index (χ4n) is 3.20. The van der Waals surface area contributed by atoms with Gasteiger partial charge in [0.1, 0.15) is 0 Å². The first-order valence-corrected chi connectivity index (χ1v) is 8.34. The molecule has 2 aliphatic rings. The number of nitrogens with zero attached hydrogens (tertiary/aromatic N) is 2. The van der Waals surface area contributed by atoms with Crippen LogP contribution >= 0.6 is 0 Å². The van der Waals surface area contributed by atoms with E-state index >= 15 is 0 Å². The molecule has 132 valence electrons. The summed E-state index contributed by atoms with van der Waals surface area (Å²) in [5, 5.41) is 5.63. The van der Waals surface area contributed by atoms with Gasteiger partial charge in [-0.1, -0.05) is 0 Å². The number of benzene rings is 1. The quantitative estimate of drug-likeness (QED) is 0.820. The van der Waals surface area contributed by atoms with E-state index in [1.54, 1.807) is 34.8 Å².